The quantitative estimate of drug-likeness (QED) is 0.288. The highest BCUT2D eigenvalue weighted by molar-refractivity contribution is 6.47. The molecule has 5 aromatic rings. The fourth-order valence-corrected chi connectivity index (χ4v) is 3.98. The molecule has 0 saturated heterocycles. The van der Waals surface area contributed by atoms with E-state index >= 15 is 0 Å². The summed E-state index contributed by atoms with van der Waals surface area (Å²) in [5, 5.41) is 10.3. The number of fused-ring (bicyclic) bond motifs is 1. The van der Waals surface area contributed by atoms with Crippen molar-refractivity contribution in [2.45, 2.75) is 38.9 Å². The Kier molecular flexibility index (Phi) is 6.29. The summed E-state index contributed by atoms with van der Waals surface area (Å²) >= 11 is 0. The summed E-state index contributed by atoms with van der Waals surface area (Å²) in [6, 6.07) is 35.3. The van der Waals surface area contributed by atoms with Gasteiger partial charge in [0.25, 0.3) is 0 Å². The fraction of sp³-hybridized carbons (Fsp3) is 0.194. The van der Waals surface area contributed by atoms with E-state index in [2.05, 4.69) is 77.4 Å². The number of aliphatic hydroxyl groups is 1. The highest BCUT2D eigenvalue weighted by Gasteiger charge is 2.35. The zero-order valence-electron chi connectivity index (χ0n) is 21.1. The zero-order valence-corrected chi connectivity index (χ0v) is 21.1. The van der Waals surface area contributed by atoms with Crippen LogP contribution in [0.2, 0.25) is 0 Å². The van der Waals surface area contributed by atoms with Gasteiger partial charge >= 0.3 is 7.48 Å². The molecule has 5 heteroatoms. The maximum Gasteiger partial charge on any atom is 0.330 e. The molecule has 0 unspecified atom stereocenters. The van der Waals surface area contributed by atoms with Gasteiger partial charge in [0.2, 0.25) is 0 Å². The summed E-state index contributed by atoms with van der Waals surface area (Å²) in [5.74, 6) is 0.922. The van der Waals surface area contributed by atoms with Crippen molar-refractivity contribution in [2.24, 2.45) is 0 Å². The average Bonchev–Trinajstić information content (AvgIpc) is 3.27. The molecule has 0 fully saturated rings. The van der Waals surface area contributed by atoms with E-state index in [-0.39, 0.29) is 0 Å². The van der Waals surface area contributed by atoms with Crippen LogP contribution in [-0.4, -0.2) is 33.3 Å². The highest BCUT2D eigenvalue weighted by atomic mass is 16.5. The molecule has 0 aliphatic rings. The zero-order chi connectivity index (χ0) is 25.3. The van der Waals surface area contributed by atoms with Gasteiger partial charge in [-0.2, -0.15) is 0 Å². The number of aromatic nitrogens is 2. The molecule has 5 rings (SSSR count). The summed E-state index contributed by atoms with van der Waals surface area (Å²) in [6.07, 6.45) is 0. The first-order valence-electron chi connectivity index (χ1n) is 12.2. The highest BCUT2D eigenvalue weighted by Crippen LogP contribution is 2.30. The minimum atomic E-state index is -0.952. The van der Waals surface area contributed by atoms with Gasteiger partial charge < -0.3 is 9.76 Å². The Morgan fingerprint density at radius 1 is 0.694 bits per heavy atom. The third kappa shape index (κ3) is 4.72. The van der Waals surface area contributed by atoms with E-state index in [1.54, 1.807) is 21.3 Å². The van der Waals surface area contributed by atoms with Crippen LogP contribution in [0.1, 0.15) is 27.7 Å². The first-order chi connectivity index (χ1) is 17.2. The first-order valence-corrected chi connectivity index (χ1v) is 12.2. The van der Waals surface area contributed by atoms with Crippen LogP contribution in [0.5, 0.6) is 0 Å². The van der Waals surface area contributed by atoms with Gasteiger partial charge in [-0.1, -0.05) is 84.3 Å². The Labute approximate surface area is 213 Å². The van der Waals surface area contributed by atoms with Crippen molar-refractivity contribution in [3.05, 3.63) is 103 Å². The van der Waals surface area contributed by atoms with Gasteiger partial charge in [-0.3, -0.25) is 4.57 Å². The van der Waals surface area contributed by atoms with Crippen molar-refractivity contribution < 1.29 is 9.76 Å². The van der Waals surface area contributed by atoms with Crippen molar-refractivity contribution >= 4 is 24.0 Å². The predicted molar refractivity (Wildman–Crippen MR) is 149 cm³/mol. The van der Waals surface area contributed by atoms with Crippen LogP contribution in [-0.2, 0) is 4.65 Å². The molecule has 4 aromatic carbocycles. The molecule has 0 aliphatic heterocycles. The molecular formula is C31H30BN2O2. The first kappa shape index (κ1) is 24.0. The monoisotopic (exact) mass is 473 g/mol. The Hall–Kier alpha value is -3.67. The van der Waals surface area contributed by atoms with Crippen LogP contribution in [0.4, 0.5) is 0 Å². The molecule has 0 amide bonds. The van der Waals surface area contributed by atoms with Crippen molar-refractivity contribution in [2.75, 3.05) is 0 Å². The molecular weight excluding hydrogens is 443 g/mol. The van der Waals surface area contributed by atoms with Crippen LogP contribution in [0.3, 0.4) is 0 Å². The van der Waals surface area contributed by atoms with E-state index in [0.717, 1.165) is 44.7 Å². The van der Waals surface area contributed by atoms with Crippen LogP contribution in [0.25, 0.3) is 39.2 Å². The van der Waals surface area contributed by atoms with E-state index in [1.807, 2.05) is 44.2 Å². The topological polar surface area (TPSA) is 47.3 Å². The Bertz CT molecular complexity index is 1470. The van der Waals surface area contributed by atoms with Gasteiger partial charge in [0.15, 0.2) is 0 Å². The summed E-state index contributed by atoms with van der Waals surface area (Å²) < 4.78 is 8.09. The third-order valence-electron chi connectivity index (χ3n) is 6.93. The van der Waals surface area contributed by atoms with Crippen molar-refractivity contribution in [3.8, 4) is 28.2 Å². The molecule has 0 bridgehead atoms. The number of hydrogen-bond donors (Lipinski definition) is 1. The summed E-state index contributed by atoms with van der Waals surface area (Å²) in [4.78, 5) is 4.96. The lowest BCUT2D eigenvalue weighted by Gasteiger charge is -2.37. The van der Waals surface area contributed by atoms with Gasteiger partial charge in [0, 0.05) is 11.3 Å². The van der Waals surface area contributed by atoms with Crippen LogP contribution in [0, 0.1) is 0 Å². The van der Waals surface area contributed by atoms with E-state index in [4.69, 9.17) is 9.64 Å². The molecule has 1 radical (unpaired) electrons. The molecule has 1 aromatic heterocycles. The lowest BCUT2D eigenvalue weighted by molar-refractivity contribution is -0.0893. The third-order valence-corrected chi connectivity index (χ3v) is 6.93. The SMILES string of the molecule is CC(C)(O)C(C)(C)O[B]c1ccc(-c2ccc(-c3nc4ccccc4n3-c3ccccc3)cc2)cc1. The van der Waals surface area contributed by atoms with Gasteiger partial charge in [0.05, 0.1) is 22.2 Å². The minimum absolute atomic E-state index is 0.697. The summed E-state index contributed by atoms with van der Waals surface area (Å²) in [6.45, 7) is 7.27. The Balaban J connectivity index is 1.40. The lowest BCUT2D eigenvalue weighted by atomic mass is 9.82. The number of imidazole rings is 1. The second kappa shape index (κ2) is 9.42. The Morgan fingerprint density at radius 3 is 1.89 bits per heavy atom. The maximum atomic E-state index is 10.3. The predicted octanol–water partition coefficient (Wildman–Crippen LogP) is 6.17. The number of nitrogens with zero attached hydrogens (tertiary/aromatic N) is 2. The number of hydrogen-bond acceptors (Lipinski definition) is 3. The molecule has 1 heterocycles. The second-order valence-electron chi connectivity index (χ2n) is 10.1. The molecule has 1 N–H and O–H groups in total. The lowest BCUT2D eigenvalue weighted by Crippen LogP contribution is -2.49. The van der Waals surface area contributed by atoms with E-state index in [9.17, 15) is 5.11 Å². The number of benzene rings is 4. The smallest absolute Gasteiger partial charge is 0.330 e. The molecule has 36 heavy (non-hydrogen) atoms. The van der Waals surface area contributed by atoms with E-state index < -0.39 is 11.2 Å². The largest absolute Gasteiger partial charge is 0.427 e. The number of para-hydroxylation sites is 3. The second-order valence-corrected chi connectivity index (χ2v) is 10.1. The molecule has 0 aliphatic carbocycles. The van der Waals surface area contributed by atoms with Crippen molar-refractivity contribution in [1.29, 1.82) is 0 Å². The Morgan fingerprint density at radius 2 is 1.25 bits per heavy atom. The van der Waals surface area contributed by atoms with Crippen molar-refractivity contribution in [1.82, 2.24) is 9.55 Å². The fourth-order valence-electron chi connectivity index (χ4n) is 3.98. The molecule has 0 spiro atoms. The molecule has 0 saturated carbocycles. The normalized spacial score (nSPS) is 12.1. The van der Waals surface area contributed by atoms with Crippen LogP contribution in [0.15, 0.2) is 103 Å². The molecule has 0 atom stereocenters. The van der Waals surface area contributed by atoms with E-state index in [0.29, 0.717) is 0 Å². The van der Waals surface area contributed by atoms with E-state index in [1.165, 1.54) is 0 Å². The average molecular weight is 473 g/mol. The molecule has 179 valence electrons. The standard InChI is InChI=1S/C31H30BN2O2/c1-30(2,35)31(3,4)36-32-25-20-18-23(19-21-25)22-14-16-24(17-15-22)29-33-27-12-8-9-13-28(27)34(29)26-10-6-5-7-11-26/h5-21,35H,1-4H3. The number of rotatable bonds is 7. The maximum absolute atomic E-state index is 10.3. The summed E-state index contributed by atoms with van der Waals surface area (Å²) in [5.41, 5.74) is 5.76. The molecule has 4 nitrogen and oxygen atoms in total. The van der Waals surface area contributed by atoms with Gasteiger partial charge in [-0.05, 0) is 63.1 Å². The van der Waals surface area contributed by atoms with Gasteiger partial charge in [0.1, 0.15) is 5.82 Å². The van der Waals surface area contributed by atoms with Gasteiger partial charge in [-0.15, -0.1) is 0 Å². The minimum Gasteiger partial charge on any atom is -0.427 e. The summed E-state index contributed by atoms with van der Waals surface area (Å²) in [7, 11) is 1.71. The van der Waals surface area contributed by atoms with Crippen LogP contribution >= 0.6 is 0 Å². The van der Waals surface area contributed by atoms with Crippen molar-refractivity contribution in [3.63, 3.8) is 0 Å². The van der Waals surface area contributed by atoms with Gasteiger partial charge in [-0.25, -0.2) is 4.98 Å². The van der Waals surface area contributed by atoms with Crippen LogP contribution < -0.4 is 5.46 Å².